The van der Waals surface area contributed by atoms with Gasteiger partial charge in [0.2, 0.25) is 5.91 Å². The number of rotatable bonds is 5. The van der Waals surface area contributed by atoms with Crippen LogP contribution in [-0.2, 0) is 4.79 Å². The number of hydrogen-bond acceptors (Lipinski definition) is 6. The van der Waals surface area contributed by atoms with E-state index in [1.807, 2.05) is 0 Å². The number of methoxy groups -OCH3 is 2. The molecule has 0 aliphatic heterocycles. The lowest BCUT2D eigenvalue weighted by Gasteiger charge is -2.15. The van der Waals surface area contributed by atoms with Crippen molar-refractivity contribution < 1.29 is 14.3 Å². The van der Waals surface area contributed by atoms with Crippen molar-refractivity contribution in [1.82, 2.24) is 15.0 Å². The van der Waals surface area contributed by atoms with E-state index in [2.05, 4.69) is 15.6 Å². The van der Waals surface area contributed by atoms with Crippen molar-refractivity contribution in [2.24, 2.45) is 0 Å². The molecule has 1 N–H and O–H groups in total. The van der Waals surface area contributed by atoms with Crippen LogP contribution >= 0.6 is 0 Å². The quantitative estimate of drug-likeness (QED) is 0.753. The Bertz CT molecular complexity index is 1020. The second-order valence-corrected chi connectivity index (χ2v) is 5.59. The van der Waals surface area contributed by atoms with E-state index in [4.69, 9.17) is 9.47 Å². The van der Waals surface area contributed by atoms with E-state index in [1.165, 1.54) is 14.2 Å². The first-order valence-electron chi connectivity index (χ1n) is 7.92. The lowest BCUT2D eigenvalue weighted by Crippen LogP contribution is -2.34. The number of carbonyl (C=O) groups excluding carboxylic acids is 1. The van der Waals surface area contributed by atoms with Crippen LogP contribution in [0.3, 0.4) is 0 Å². The van der Waals surface area contributed by atoms with Crippen molar-refractivity contribution in [2.75, 3.05) is 19.5 Å². The molecule has 3 aromatic rings. The number of ether oxygens (including phenoxy) is 2. The average molecular weight is 354 g/mol. The third kappa shape index (κ3) is 3.21. The molecule has 1 unspecified atom stereocenters. The zero-order chi connectivity index (χ0) is 18.7. The molecular weight excluding hydrogens is 336 g/mol. The van der Waals surface area contributed by atoms with Crippen molar-refractivity contribution in [3.63, 3.8) is 0 Å². The van der Waals surface area contributed by atoms with Gasteiger partial charge in [-0.2, -0.15) is 4.68 Å². The maximum absolute atomic E-state index is 12.6. The summed E-state index contributed by atoms with van der Waals surface area (Å²) >= 11 is 0. The van der Waals surface area contributed by atoms with Gasteiger partial charge in [-0.3, -0.25) is 9.59 Å². The molecule has 8 heteroatoms. The number of nitrogens with one attached hydrogen (secondary N) is 1. The minimum atomic E-state index is -0.840. The molecular formula is C18H18N4O4. The number of anilines is 1. The van der Waals surface area contributed by atoms with Crippen LogP contribution < -0.4 is 20.3 Å². The van der Waals surface area contributed by atoms with Crippen LogP contribution in [0.25, 0.3) is 10.9 Å². The third-order valence-electron chi connectivity index (χ3n) is 3.99. The molecule has 0 aliphatic rings. The van der Waals surface area contributed by atoms with Gasteiger partial charge in [0.25, 0.3) is 5.56 Å². The Morgan fingerprint density at radius 3 is 2.58 bits per heavy atom. The first kappa shape index (κ1) is 17.4. The summed E-state index contributed by atoms with van der Waals surface area (Å²) in [7, 11) is 3.04. The maximum Gasteiger partial charge on any atom is 0.278 e. The first-order chi connectivity index (χ1) is 12.5. The molecule has 26 heavy (non-hydrogen) atoms. The van der Waals surface area contributed by atoms with Crippen LogP contribution in [0.15, 0.2) is 47.3 Å². The fraction of sp³-hybridized carbons (Fsp3) is 0.222. The minimum absolute atomic E-state index is 0.370. The van der Waals surface area contributed by atoms with E-state index in [-0.39, 0.29) is 5.56 Å². The lowest BCUT2D eigenvalue weighted by atomic mass is 10.2. The number of aromatic nitrogens is 3. The molecule has 0 spiro atoms. The Labute approximate surface area is 149 Å². The van der Waals surface area contributed by atoms with Crippen LogP contribution in [0.5, 0.6) is 11.5 Å². The highest BCUT2D eigenvalue weighted by Crippen LogP contribution is 2.29. The molecule has 1 atom stereocenters. The van der Waals surface area contributed by atoms with Crippen LogP contribution in [0.1, 0.15) is 13.0 Å². The van der Waals surface area contributed by atoms with E-state index in [0.29, 0.717) is 28.1 Å². The predicted octanol–water partition coefficient (Wildman–Crippen LogP) is 2.01. The maximum atomic E-state index is 12.6. The Balaban J connectivity index is 1.87. The van der Waals surface area contributed by atoms with Crippen LogP contribution in [0.2, 0.25) is 0 Å². The standard InChI is InChI=1S/C18H18N4O4/c1-11(22-18(24)13-6-4-5-7-14(13)20-21-22)17(23)19-12-8-9-15(25-2)16(10-12)26-3/h4-11H,1-3H3,(H,19,23). The summed E-state index contributed by atoms with van der Waals surface area (Å²) in [5, 5.41) is 11.0. The highest BCUT2D eigenvalue weighted by molar-refractivity contribution is 5.93. The van der Waals surface area contributed by atoms with E-state index >= 15 is 0 Å². The fourth-order valence-electron chi connectivity index (χ4n) is 2.53. The van der Waals surface area contributed by atoms with Crippen molar-refractivity contribution in [3.8, 4) is 11.5 Å². The van der Waals surface area contributed by atoms with Crippen molar-refractivity contribution >= 4 is 22.5 Å². The monoisotopic (exact) mass is 354 g/mol. The highest BCUT2D eigenvalue weighted by Gasteiger charge is 2.19. The number of amides is 1. The van der Waals surface area contributed by atoms with Crippen LogP contribution in [0, 0.1) is 0 Å². The average Bonchev–Trinajstić information content (AvgIpc) is 2.67. The summed E-state index contributed by atoms with van der Waals surface area (Å²) in [6.45, 7) is 1.58. The topological polar surface area (TPSA) is 95.3 Å². The van der Waals surface area contributed by atoms with Gasteiger partial charge in [0.05, 0.1) is 19.6 Å². The van der Waals surface area contributed by atoms with Gasteiger partial charge in [0.15, 0.2) is 11.5 Å². The Hall–Kier alpha value is -3.42. The third-order valence-corrected chi connectivity index (χ3v) is 3.99. The molecule has 0 fully saturated rings. The normalized spacial score (nSPS) is 11.8. The molecule has 1 amide bonds. The van der Waals surface area contributed by atoms with E-state index in [9.17, 15) is 9.59 Å². The van der Waals surface area contributed by atoms with Gasteiger partial charge < -0.3 is 14.8 Å². The number of hydrogen-bond donors (Lipinski definition) is 1. The van der Waals surface area contributed by atoms with Crippen LogP contribution in [-0.4, -0.2) is 35.1 Å². The summed E-state index contributed by atoms with van der Waals surface area (Å²) in [4.78, 5) is 25.1. The number of fused-ring (bicyclic) bond motifs is 1. The Morgan fingerprint density at radius 2 is 1.85 bits per heavy atom. The predicted molar refractivity (Wildman–Crippen MR) is 96.7 cm³/mol. The van der Waals surface area contributed by atoms with E-state index < -0.39 is 11.9 Å². The summed E-state index contributed by atoms with van der Waals surface area (Å²) in [5.74, 6) is 0.639. The number of benzene rings is 2. The van der Waals surface area contributed by atoms with Gasteiger partial charge in [-0.15, -0.1) is 5.10 Å². The first-order valence-corrected chi connectivity index (χ1v) is 7.92. The van der Waals surface area contributed by atoms with Crippen LogP contribution in [0.4, 0.5) is 5.69 Å². The molecule has 1 aromatic heterocycles. The molecule has 8 nitrogen and oxygen atoms in total. The number of nitrogens with zero attached hydrogens (tertiary/aromatic N) is 3. The molecule has 0 aliphatic carbocycles. The van der Waals surface area contributed by atoms with Gasteiger partial charge >= 0.3 is 0 Å². The van der Waals surface area contributed by atoms with Crippen molar-refractivity contribution in [3.05, 3.63) is 52.8 Å². The Morgan fingerprint density at radius 1 is 1.12 bits per heavy atom. The largest absolute Gasteiger partial charge is 0.493 e. The van der Waals surface area contributed by atoms with Gasteiger partial charge in [0.1, 0.15) is 11.6 Å². The zero-order valence-corrected chi connectivity index (χ0v) is 14.6. The zero-order valence-electron chi connectivity index (χ0n) is 14.6. The fourth-order valence-corrected chi connectivity index (χ4v) is 2.53. The summed E-state index contributed by atoms with van der Waals surface area (Å²) in [6, 6.07) is 11.0. The molecule has 0 bridgehead atoms. The van der Waals surface area contributed by atoms with E-state index in [0.717, 1.165) is 4.68 Å². The minimum Gasteiger partial charge on any atom is -0.493 e. The van der Waals surface area contributed by atoms with Gasteiger partial charge in [-0.1, -0.05) is 17.3 Å². The van der Waals surface area contributed by atoms with Gasteiger partial charge in [-0.25, -0.2) is 0 Å². The highest BCUT2D eigenvalue weighted by atomic mass is 16.5. The number of carbonyl (C=O) groups is 1. The summed E-state index contributed by atoms with van der Waals surface area (Å²) in [5.41, 5.74) is 0.633. The van der Waals surface area contributed by atoms with Crippen molar-refractivity contribution in [2.45, 2.75) is 13.0 Å². The molecule has 0 saturated carbocycles. The SMILES string of the molecule is COc1ccc(NC(=O)C(C)n2nnc3ccccc3c2=O)cc1OC. The van der Waals surface area contributed by atoms with E-state index in [1.54, 1.807) is 49.4 Å². The molecule has 2 aromatic carbocycles. The molecule has 134 valence electrons. The lowest BCUT2D eigenvalue weighted by molar-refractivity contribution is -0.119. The molecule has 0 saturated heterocycles. The smallest absolute Gasteiger partial charge is 0.278 e. The molecule has 1 heterocycles. The molecule has 3 rings (SSSR count). The van der Waals surface area contributed by atoms with Gasteiger partial charge in [0, 0.05) is 11.8 Å². The second kappa shape index (κ2) is 7.22. The Kier molecular flexibility index (Phi) is 4.83. The van der Waals surface area contributed by atoms with Crippen molar-refractivity contribution in [1.29, 1.82) is 0 Å². The summed E-state index contributed by atoms with van der Waals surface area (Å²) in [6.07, 6.45) is 0. The second-order valence-electron chi connectivity index (χ2n) is 5.59. The van der Waals surface area contributed by atoms with Gasteiger partial charge in [-0.05, 0) is 31.2 Å². The summed E-state index contributed by atoms with van der Waals surface area (Å²) < 4.78 is 11.5. The molecule has 0 radical (unpaired) electrons.